The summed E-state index contributed by atoms with van der Waals surface area (Å²) in [6.45, 7) is -2.07. The number of pyridine rings is 1. The largest absolute Gasteiger partial charge is 0.364 e. The van der Waals surface area contributed by atoms with Crippen LogP contribution >= 0.6 is 0 Å². The minimum atomic E-state index is -2.45. The zero-order valence-electron chi connectivity index (χ0n) is 21.3. The number of fused-ring (bicyclic) bond motifs is 3. The van der Waals surface area contributed by atoms with Crippen LogP contribution in [0.4, 0.5) is 22.9 Å². The van der Waals surface area contributed by atoms with Gasteiger partial charge in [0.15, 0.2) is 11.6 Å². The molecule has 0 unspecified atom stereocenters. The van der Waals surface area contributed by atoms with Crippen LogP contribution in [0.3, 0.4) is 0 Å². The van der Waals surface area contributed by atoms with Gasteiger partial charge in [-0.05, 0) is 25.0 Å². The van der Waals surface area contributed by atoms with Crippen molar-refractivity contribution < 1.29 is 13.7 Å². The summed E-state index contributed by atoms with van der Waals surface area (Å²) in [5, 5.41) is 10.3. The Hall–Kier alpha value is -3.95. The molecule has 5 rings (SSSR count). The van der Waals surface area contributed by atoms with Crippen molar-refractivity contribution in [1.82, 2.24) is 19.3 Å². The molecule has 2 N–H and O–H groups in total. The second kappa shape index (κ2) is 7.88. The number of para-hydroxylation sites is 1. The number of nitrogens with zero attached hydrogens (tertiary/aromatic N) is 5. The minimum absolute atomic E-state index is 0.0399. The van der Waals surface area contributed by atoms with Crippen LogP contribution < -0.4 is 21.2 Å². The summed E-state index contributed by atoms with van der Waals surface area (Å²) in [6, 6.07) is 6.89. The van der Waals surface area contributed by atoms with E-state index < -0.39 is 19.1 Å². The van der Waals surface area contributed by atoms with Crippen LogP contribution in [0.2, 0.25) is 0 Å². The SMILES string of the molecule is [2H]C([2H])([2H])CC(=O)c1cnc(NC(=O)C2CC2)cc1Nc1cccc2c1N(C)Cc1nn(C)c(=O)n1-2. The number of rotatable bonds is 6. The molecular formula is C23H25N7O3. The number of aromatic nitrogens is 4. The number of carbonyl (C=O) groups excluding carboxylic acids is 2. The summed E-state index contributed by atoms with van der Waals surface area (Å²) in [7, 11) is 3.45. The van der Waals surface area contributed by atoms with Gasteiger partial charge in [-0.1, -0.05) is 12.9 Å². The highest BCUT2D eigenvalue weighted by Crippen LogP contribution is 2.38. The van der Waals surface area contributed by atoms with Crippen molar-refractivity contribution in [2.75, 3.05) is 22.6 Å². The monoisotopic (exact) mass is 450 g/mol. The van der Waals surface area contributed by atoms with Crippen molar-refractivity contribution in [3.63, 3.8) is 0 Å². The van der Waals surface area contributed by atoms with Crippen LogP contribution in [-0.4, -0.2) is 38.1 Å². The first-order valence-corrected chi connectivity index (χ1v) is 10.6. The summed E-state index contributed by atoms with van der Waals surface area (Å²) in [6.07, 6.45) is 2.27. The Morgan fingerprint density at radius 3 is 2.82 bits per heavy atom. The average Bonchev–Trinajstić information content (AvgIpc) is 3.59. The number of Topliss-reactive ketones (excluding diaryl/α,β-unsaturated/α-hetero) is 1. The molecule has 10 heteroatoms. The van der Waals surface area contributed by atoms with Crippen molar-refractivity contribution in [3.8, 4) is 5.69 Å². The van der Waals surface area contributed by atoms with Gasteiger partial charge in [0.25, 0.3) is 0 Å². The van der Waals surface area contributed by atoms with Gasteiger partial charge in [-0.25, -0.2) is 19.0 Å². The highest BCUT2D eigenvalue weighted by atomic mass is 16.2. The molecule has 1 aliphatic heterocycles. The van der Waals surface area contributed by atoms with E-state index in [2.05, 4.69) is 20.7 Å². The number of amides is 1. The van der Waals surface area contributed by atoms with Crippen LogP contribution in [0.1, 0.15) is 46.4 Å². The first-order valence-electron chi connectivity index (χ1n) is 12.1. The summed E-state index contributed by atoms with van der Waals surface area (Å²) in [5.74, 6) is 0.0621. The van der Waals surface area contributed by atoms with E-state index in [1.54, 1.807) is 25.2 Å². The van der Waals surface area contributed by atoms with Crippen LogP contribution in [0.5, 0.6) is 0 Å². The maximum absolute atomic E-state index is 12.9. The molecule has 0 bridgehead atoms. The Morgan fingerprint density at radius 1 is 1.24 bits per heavy atom. The lowest BCUT2D eigenvalue weighted by Gasteiger charge is -2.30. The Labute approximate surface area is 194 Å². The van der Waals surface area contributed by atoms with E-state index in [1.807, 2.05) is 11.9 Å². The van der Waals surface area contributed by atoms with E-state index in [9.17, 15) is 14.4 Å². The second-order valence-corrected chi connectivity index (χ2v) is 8.29. The molecule has 0 atom stereocenters. The highest BCUT2D eigenvalue weighted by molar-refractivity contribution is 6.03. The molecule has 1 amide bonds. The number of aryl methyl sites for hydroxylation is 1. The lowest BCUT2D eigenvalue weighted by atomic mass is 10.1. The molecular weight excluding hydrogens is 422 g/mol. The maximum atomic E-state index is 12.9. The number of ketones is 1. The zero-order valence-corrected chi connectivity index (χ0v) is 18.3. The van der Waals surface area contributed by atoms with Crippen LogP contribution in [-0.2, 0) is 18.4 Å². The number of nitrogens with one attached hydrogen (secondary N) is 2. The molecule has 2 aromatic heterocycles. The van der Waals surface area contributed by atoms with Crippen molar-refractivity contribution in [3.05, 3.63) is 52.3 Å². The number of anilines is 4. The van der Waals surface area contributed by atoms with Gasteiger partial charge in [0.1, 0.15) is 5.82 Å². The molecule has 1 aromatic carbocycles. The third-order valence-corrected chi connectivity index (χ3v) is 5.84. The fourth-order valence-corrected chi connectivity index (χ4v) is 4.03. The van der Waals surface area contributed by atoms with Gasteiger partial charge in [0.2, 0.25) is 5.91 Å². The highest BCUT2D eigenvalue weighted by Gasteiger charge is 2.30. The topological polar surface area (TPSA) is 114 Å². The quantitative estimate of drug-likeness (QED) is 0.555. The Balaban J connectivity index is 1.57. The summed E-state index contributed by atoms with van der Waals surface area (Å²) in [5.41, 5.74) is 2.02. The Kier molecular flexibility index (Phi) is 4.20. The molecule has 3 aromatic rings. The molecule has 170 valence electrons. The first kappa shape index (κ1) is 17.6. The fourth-order valence-electron chi connectivity index (χ4n) is 4.03. The van der Waals surface area contributed by atoms with E-state index >= 15 is 0 Å². The number of hydrogen-bond acceptors (Lipinski definition) is 7. The van der Waals surface area contributed by atoms with Crippen molar-refractivity contribution in [2.24, 2.45) is 13.0 Å². The van der Waals surface area contributed by atoms with Crippen molar-refractivity contribution >= 4 is 34.6 Å². The number of hydrogen-bond donors (Lipinski definition) is 2. The molecule has 0 saturated heterocycles. The standard InChI is InChI=1S/C23H25N7O3/c1-4-18(31)14-11-24-19(26-22(32)13-8-9-13)10-16(14)25-15-6-5-7-17-21(15)28(2)12-20-27-29(3)23(33)30(17)20/h5-7,10-11,13H,4,8-9,12H2,1-3H3,(H2,24,25,26,32)/i1D3. The number of carbonyl (C=O) groups is 2. The van der Waals surface area contributed by atoms with E-state index in [0.29, 0.717) is 35.1 Å². The smallest absolute Gasteiger partial charge is 0.350 e. The van der Waals surface area contributed by atoms with Crippen molar-refractivity contribution in [1.29, 1.82) is 0 Å². The summed E-state index contributed by atoms with van der Waals surface area (Å²) in [4.78, 5) is 44.0. The molecule has 0 radical (unpaired) electrons. The molecule has 10 nitrogen and oxygen atoms in total. The Bertz CT molecular complexity index is 1440. The molecule has 0 spiro atoms. The molecule has 3 heterocycles. The van der Waals surface area contributed by atoms with Gasteiger partial charge in [-0.2, -0.15) is 5.10 Å². The van der Waals surface area contributed by atoms with Crippen LogP contribution in [0, 0.1) is 5.92 Å². The molecule has 2 aliphatic rings. The van der Waals surface area contributed by atoms with E-state index in [4.69, 9.17) is 4.11 Å². The third-order valence-electron chi connectivity index (χ3n) is 5.84. The molecule has 1 fully saturated rings. The molecule has 1 saturated carbocycles. The maximum Gasteiger partial charge on any atom is 0.350 e. The molecule has 33 heavy (non-hydrogen) atoms. The van der Waals surface area contributed by atoms with E-state index in [0.717, 1.165) is 12.8 Å². The van der Waals surface area contributed by atoms with Crippen LogP contribution in [0.25, 0.3) is 5.69 Å². The molecule has 1 aliphatic carbocycles. The van der Waals surface area contributed by atoms with Gasteiger partial charge >= 0.3 is 5.69 Å². The first-order chi connectivity index (χ1) is 17.0. The second-order valence-electron chi connectivity index (χ2n) is 8.29. The predicted molar refractivity (Wildman–Crippen MR) is 124 cm³/mol. The van der Waals surface area contributed by atoms with E-state index in [1.165, 1.54) is 21.5 Å². The fraction of sp³-hybridized carbons (Fsp3) is 0.348. The minimum Gasteiger partial charge on any atom is -0.364 e. The third kappa shape index (κ3) is 3.67. The van der Waals surface area contributed by atoms with Gasteiger partial charge in [0, 0.05) is 42.8 Å². The average molecular weight is 451 g/mol. The van der Waals surface area contributed by atoms with Gasteiger partial charge in [-0.3, -0.25) is 9.59 Å². The van der Waals surface area contributed by atoms with Gasteiger partial charge in [0.05, 0.1) is 34.9 Å². The number of benzene rings is 1. The lowest BCUT2D eigenvalue weighted by Crippen LogP contribution is -2.31. The summed E-state index contributed by atoms with van der Waals surface area (Å²) >= 11 is 0. The van der Waals surface area contributed by atoms with Crippen LogP contribution in [0.15, 0.2) is 35.3 Å². The summed E-state index contributed by atoms with van der Waals surface area (Å²) < 4.78 is 25.3. The van der Waals surface area contributed by atoms with Crippen molar-refractivity contribution in [2.45, 2.75) is 32.7 Å². The normalized spacial score (nSPS) is 16.2. The predicted octanol–water partition coefficient (Wildman–Crippen LogP) is 2.60. The van der Waals surface area contributed by atoms with Gasteiger partial charge < -0.3 is 15.5 Å². The van der Waals surface area contributed by atoms with E-state index in [-0.39, 0.29) is 28.9 Å². The lowest BCUT2D eigenvalue weighted by molar-refractivity contribution is -0.117. The van der Waals surface area contributed by atoms with Gasteiger partial charge in [-0.15, -0.1) is 0 Å². The Morgan fingerprint density at radius 2 is 2.06 bits per heavy atom. The zero-order chi connectivity index (χ0) is 25.8.